The minimum Gasteiger partial charge on any atom is -0.376 e. The molecule has 1 aliphatic carbocycles. The van der Waals surface area contributed by atoms with Crippen molar-refractivity contribution in [2.45, 2.75) is 38.6 Å². The fraction of sp³-hybridized carbons (Fsp3) is 0.533. The molecule has 0 aromatic heterocycles. The average molecular weight is 246 g/mol. The van der Waals surface area contributed by atoms with Gasteiger partial charge in [0.2, 0.25) is 5.91 Å². The van der Waals surface area contributed by atoms with E-state index in [1.54, 1.807) is 0 Å². The van der Waals surface area contributed by atoms with E-state index in [0.717, 1.165) is 12.1 Å². The third-order valence-corrected chi connectivity index (χ3v) is 3.68. The molecule has 0 heterocycles. The molecule has 0 spiro atoms. The van der Waals surface area contributed by atoms with Gasteiger partial charge in [-0.25, -0.2) is 0 Å². The van der Waals surface area contributed by atoms with Gasteiger partial charge in [-0.3, -0.25) is 4.79 Å². The fourth-order valence-corrected chi connectivity index (χ4v) is 2.53. The van der Waals surface area contributed by atoms with Crippen LogP contribution in [-0.2, 0) is 4.79 Å². The molecule has 0 bridgehead atoms. The Morgan fingerprint density at radius 2 is 1.94 bits per heavy atom. The third kappa shape index (κ3) is 3.76. The van der Waals surface area contributed by atoms with Gasteiger partial charge in [-0.2, -0.15) is 0 Å². The third-order valence-electron chi connectivity index (χ3n) is 3.68. The SMILES string of the molecule is CC1CCCCC1NC(=O)CNc1ccccc1. The molecular weight excluding hydrogens is 224 g/mol. The molecule has 3 heteroatoms. The smallest absolute Gasteiger partial charge is 0.239 e. The largest absolute Gasteiger partial charge is 0.376 e. The summed E-state index contributed by atoms with van der Waals surface area (Å²) in [6, 6.07) is 10.2. The predicted octanol–water partition coefficient (Wildman–Crippen LogP) is 2.79. The summed E-state index contributed by atoms with van der Waals surface area (Å²) in [4.78, 5) is 11.9. The van der Waals surface area contributed by atoms with Gasteiger partial charge in [-0.15, -0.1) is 0 Å². The molecule has 1 fully saturated rings. The summed E-state index contributed by atoms with van der Waals surface area (Å²) in [5.41, 5.74) is 0.990. The van der Waals surface area contributed by atoms with Crippen LogP contribution in [0.5, 0.6) is 0 Å². The molecular formula is C15H22N2O. The number of nitrogens with one attached hydrogen (secondary N) is 2. The molecule has 0 aliphatic heterocycles. The molecule has 1 saturated carbocycles. The van der Waals surface area contributed by atoms with E-state index in [1.807, 2.05) is 30.3 Å². The van der Waals surface area contributed by atoms with Crippen LogP contribution in [0.4, 0.5) is 5.69 Å². The normalized spacial score (nSPS) is 23.4. The van der Waals surface area contributed by atoms with Crippen LogP contribution in [0.25, 0.3) is 0 Å². The van der Waals surface area contributed by atoms with Gasteiger partial charge in [-0.1, -0.05) is 38.0 Å². The van der Waals surface area contributed by atoms with Crippen LogP contribution in [0.2, 0.25) is 0 Å². The summed E-state index contributed by atoms with van der Waals surface area (Å²) in [7, 11) is 0. The Balaban J connectivity index is 1.75. The van der Waals surface area contributed by atoms with Crippen molar-refractivity contribution in [1.82, 2.24) is 5.32 Å². The van der Waals surface area contributed by atoms with Crippen LogP contribution in [-0.4, -0.2) is 18.5 Å². The summed E-state index contributed by atoms with van der Waals surface area (Å²) in [5.74, 6) is 0.706. The molecule has 2 atom stereocenters. The van der Waals surface area contributed by atoms with Crippen molar-refractivity contribution in [2.24, 2.45) is 5.92 Å². The molecule has 1 aromatic rings. The number of carbonyl (C=O) groups is 1. The number of amides is 1. The highest BCUT2D eigenvalue weighted by atomic mass is 16.1. The first-order chi connectivity index (χ1) is 8.75. The second kappa shape index (κ2) is 6.43. The predicted molar refractivity (Wildman–Crippen MR) is 74.5 cm³/mol. The number of benzene rings is 1. The Labute approximate surface area is 109 Å². The molecule has 0 saturated heterocycles. The van der Waals surface area contributed by atoms with Gasteiger partial charge in [0.1, 0.15) is 0 Å². The summed E-state index contributed by atoms with van der Waals surface area (Å²) >= 11 is 0. The minimum atomic E-state index is 0.0950. The van der Waals surface area contributed by atoms with Crippen LogP contribution < -0.4 is 10.6 Å². The molecule has 98 valence electrons. The topological polar surface area (TPSA) is 41.1 Å². The number of para-hydroxylation sites is 1. The van der Waals surface area contributed by atoms with E-state index in [4.69, 9.17) is 0 Å². The lowest BCUT2D eigenvalue weighted by Crippen LogP contribution is -2.43. The number of rotatable bonds is 4. The van der Waals surface area contributed by atoms with Crippen LogP contribution in [0.1, 0.15) is 32.6 Å². The van der Waals surface area contributed by atoms with Crippen LogP contribution in [0, 0.1) is 5.92 Å². The maximum atomic E-state index is 11.9. The van der Waals surface area contributed by atoms with E-state index >= 15 is 0 Å². The maximum Gasteiger partial charge on any atom is 0.239 e. The highest BCUT2D eigenvalue weighted by Crippen LogP contribution is 2.23. The van der Waals surface area contributed by atoms with E-state index in [9.17, 15) is 4.79 Å². The molecule has 3 nitrogen and oxygen atoms in total. The van der Waals surface area contributed by atoms with E-state index in [-0.39, 0.29) is 5.91 Å². The van der Waals surface area contributed by atoms with Gasteiger partial charge in [0.15, 0.2) is 0 Å². The zero-order valence-electron chi connectivity index (χ0n) is 11.0. The Bertz CT molecular complexity index is 377. The van der Waals surface area contributed by atoms with Crippen molar-refractivity contribution >= 4 is 11.6 Å². The number of hydrogen-bond donors (Lipinski definition) is 2. The minimum absolute atomic E-state index is 0.0950. The first-order valence-corrected chi connectivity index (χ1v) is 6.84. The lowest BCUT2D eigenvalue weighted by atomic mass is 9.86. The van der Waals surface area contributed by atoms with Crippen molar-refractivity contribution in [1.29, 1.82) is 0 Å². The lowest BCUT2D eigenvalue weighted by molar-refractivity contribution is -0.120. The Hall–Kier alpha value is -1.51. The summed E-state index contributed by atoms with van der Waals surface area (Å²) in [6.45, 7) is 2.59. The molecule has 1 amide bonds. The molecule has 1 aliphatic rings. The van der Waals surface area contributed by atoms with Crippen molar-refractivity contribution in [3.05, 3.63) is 30.3 Å². The quantitative estimate of drug-likeness (QED) is 0.857. The van der Waals surface area contributed by atoms with E-state index < -0.39 is 0 Å². The van der Waals surface area contributed by atoms with Crippen molar-refractivity contribution in [2.75, 3.05) is 11.9 Å². The van der Waals surface area contributed by atoms with Crippen molar-refractivity contribution in [3.8, 4) is 0 Å². The molecule has 2 rings (SSSR count). The number of carbonyl (C=O) groups excluding carboxylic acids is 1. The van der Waals surface area contributed by atoms with Gasteiger partial charge in [0, 0.05) is 11.7 Å². The zero-order chi connectivity index (χ0) is 12.8. The van der Waals surface area contributed by atoms with Gasteiger partial charge in [0.05, 0.1) is 6.54 Å². The average Bonchev–Trinajstić information content (AvgIpc) is 2.40. The number of anilines is 1. The van der Waals surface area contributed by atoms with E-state index in [0.29, 0.717) is 18.5 Å². The standard InChI is InChI=1S/C15H22N2O/c1-12-7-5-6-10-14(12)17-15(18)11-16-13-8-3-2-4-9-13/h2-4,8-9,12,14,16H,5-7,10-11H2,1H3,(H,17,18). The van der Waals surface area contributed by atoms with E-state index in [1.165, 1.54) is 19.3 Å². The molecule has 18 heavy (non-hydrogen) atoms. The molecule has 1 aromatic carbocycles. The second-order valence-corrected chi connectivity index (χ2v) is 5.16. The number of hydrogen-bond acceptors (Lipinski definition) is 2. The molecule has 2 N–H and O–H groups in total. The van der Waals surface area contributed by atoms with Crippen LogP contribution in [0.3, 0.4) is 0 Å². The monoisotopic (exact) mass is 246 g/mol. The Morgan fingerprint density at radius 3 is 2.67 bits per heavy atom. The summed E-state index contributed by atoms with van der Waals surface area (Å²) in [5, 5.41) is 6.27. The summed E-state index contributed by atoms with van der Waals surface area (Å²) < 4.78 is 0. The maximum absolute atomic E-state index is 11.9. The highest BCUT2D eigenvalue weighted by molar-refractivity contribution is 5.80. The molecule has 2 unspecified atom stereocenters. The van der Waals surface area contributed by atoms with E-state index in [2.05, 4.69) is 17.6 Å². The van der Waals surface area contributed by atoms with Gasteiger partial charge >= 0.3 is 0 Å². The van der Waals surface area contributed by atoms with Gasteiger partial charge < -0.3 is 10.6 Å². The zero-order valence-corrected chi connectivity index (χ0v) is 11.0. The van der Waals surface area contributed by atoms with Crippen LogP contribution >= 0.6 is 0 Å². The van der Waals surface area contributed by atoms with Gasteiger partial charge in [-0.05, 0) is 30.9 Å². The van der Waals surface area contributed by atoms with Crippen molar-refractivity contribution < 1.29 is 4.79 Å². The lowest BCUT2D eigenvalue weighted by Gasteiger charge is -2.29. The van der Waals surface area contributed by atoms with Crippen molar-refractivity contribution in [3.63, 3.8) is 0 Å². The fourth-order valence-electron chi connectivity index (χ4n) is 2.53. The first-order valence-electron chi connectivity index (χ1n) is 6.84. The Morgan fingerprint density at radius 1 is 1.22 bits per heavy atom. The molecule has 0 radical (unpaired) electrons. The second-order valence-electron chi connectivity index (χ2n) is 5.16. The Kier molecular flexibility index (Phi) is 4.62. The highest BCUT2D eigenvalue weighted by Gasteiger charge is 2.22. The van der Waals surface area contributed by atoms with Gasteiger partial charge in [0.25, 0.3) is 0 Å². The summed E-state index contributed by atoms with van der Waals surface area (Å²) in [6.07, 6.45) is 4.90. The van der Waals surface area contributed by atoms with Crippen LogP contribution in [0.15, 0.2) is 30.3 Å². The first kappa shape index (κ1) is 12.9.